The van der Waals surface area contributed by atoms with Gasteiger partial charge in [0.1, 0.15) is 5.82 Å². The number of sulfonamides is 1. The number of carbonyl (C=O) groups excluding carboxylic acids is 1. The van der Waals surface area contributed by atoms with Crippen LogP contribution in [0.5, 0.6) is 0 Å². The van der Waals surface area contributed by atoms with Crippen molar-refractivity contribution in [1.29, 1.82) is 0 Å². The molecule has 0 aliphatic carbocycles. The molecule has 3 aromatic carbocycles. The highest BCUT2D eigenvalue weighted by Crippen LogP contribution is 2.22. The van der Waals surface area contributed by atoms with Gasteiger partial charge in [-0.2, -0.15) is 0 Å². The molecule has 184 valence electrons. The zero-order valence-electron chi connectivity index (χ0n) is 19.9. The molecular formula is C27H30FN3O3S. The van der Waals surface area contributed by atoms with Crippen LogP contribution in [-0.4, -0.2) is 38.4 Å². The normalized spacial score (nSPS) is 15.1. The Balaban J connectivity index is 1.40. The van der Waals surface area contributed by atoms with Gasteiger partial charge < -0.3 is 5.32 Å². The minimum absolute atomic E-state index is 0.0202. The van der Waals surface area contributed by atoms with Crippen LogP contribution in [-0.2, 0) is 16.6 Å². The van der Waals surface area contributed by atoms with Crippen molar-refractivity contribution in [3.8, 4) is 0 Å². The first-order chi connectivity index (χ1) is 16.7. The van der Waals surface area contributed by atoms with Gasteiger partial charge in [-0.15, -0.1) is 0 Å². The molecule has 0 spiro atoms. The highest BCUT2D eigenvalue weighted by molar-refractivity contribution is 7.92. The fourth-order valence-electron chi connectivity index (χ4n) is 4.29. The third-order valence-corrected chi connectivity index (χ3v) is 7.82. The van der Waals surface area contributed by atoms with Crippen LogP contribution in [0.15, 0.2) is 71.6 Å². The third-order valence-electron chi connectivity index (χ3n) is 6.46. The number of anilines is 1. The fraction of sp³-hybridized carbons (Fsp3) is 0.296. The lowest BCUT2D eigenvalue weighted by Crippen LogP contribution is -2.44. The summed E-state index contributed by atoms with van der Waals surface area (Å²) in [5.41, 5.74) is 3.41. The maximum absolute atomic E-state index is 13.9. The second-order valence-corrected chi connectivity index (χ2v) is 10.7. The Hall–Kier alpha value is -3.23. The average molecular weight is 496 g/mol. The van der Waals surface area contributed by atoms with Gasteiger partial charge in [0.15, 0.2) is 0 Å². The molecule has 3 aromatic rings. The largest absolute Gasteiger partial charge is 0.349 e. The number of nitrogens with one attached hydrogen (secondary N) is 2. The Kier molecular flexibility index (Phi) is 7.52. The molecule has 4 rings (SSSR count). The van der Waals surface area contributed by atoms with E-state index in [1.54, 1.807) is 19.1 Å². The van der Waals surface area contributed by atoms with Crippen molar-refractivity contribution in [2.75, 3.05) is 17.8 Å². The maximum atomic E-state index is 13.9. The Morgan fingerprint density at radius 2 is 1.66 bits per heavy atom. The number of benzene rings is 3. The molecule has 6 nitrogen and oxygen atoms in total. The van der Waals surface area contributed by atoms with Crippen molar-refractivity contribution >= 4 is 21.6 Å². The molecule has 1 heterocycles. The standard InChI is InChI=1S/C27H30FN3O3S/c1-19-7-3-4-8-21(19)18-31-15-13-22(14-16-31)29-27(32)24-17-23(12-11-20(24)2)35(33,34)30-26-10-6-5-9-25(26)28/h3-12,17,22,30H,13-16,18H2,1-2H3,(H,29,32). The smallest absolute Gasteiger partial charge is 0.262 e. The summed E-state index contributed by atoms with van der Waals surface area (Å²) < 4.78 is 41.9. The number of amides is 1. The Morgan fingerprint density at radius 1 is 0.971 bits per heavy atom. The summed E-state index contributed by atoms with van der Waals surface area (Å²) in [5.74, 6) is -0.974. The van der Waals surface area contributed by atoms with Crippen molar-refractivity contribution < 1.29 is 17.6 Å². The lowest BCUT2D eigenvalue weighted by atomic mass is 10.0. The SMILES string of the molecule is Cc1ccccc1CN1CCC(NC(=O)c2cc(S(=O)(=O)Nc3ccccc3F)ccc2C)CC1. The van der Waals surface area contributed by atoms with E-state index in [1.165, 1.54) is 41.5 Å². The summed E-state index contributed by atoms with van der Waals surface area (Å²) in [4.78, 5) is 15.3. The van der Waals surface area contributed by atoms with Crippen LogP contribution in [0.2, 0.25) is 0 Å². The monoisotopic (exact) mass is 495 g/mol. The number of nitrogens with zero attached hydrogens (tertiary/aromatic N) is 1. The summed E-state index contributed by atoms with van der Waals surface area (Å²) in [6, 6.07) is 18.3. The van der Waals surface area contributed by atoms with Crippen molar-refractivity contribution in [2.45, 2.75) is 44.2 Å². The molecule has 1 aliphatic rings. The number of likely N-dealkylation sites (tertiary alicyclic amines) is 1. The molecule has 1 saturated heterocycles. The number of hydrogen-bond donors (Lipinski definition) is 2. The van der Waals surface area contributed by atoms with Gasteiger partial charge in [-0.25, -0.2) is 12.8 Å². The molecule has 1 amide bonds. The second-order valence-electron chi connectivity index (χ2n) is 9.01. The predicted molar refractivity (Wildman–Crippen MR) is 135 cm³/mol. The fourth-order valence-corrected chi connectivity index (χ4v) is 5.38. The zero-order valence-corrected chi connectivity index (χ0v) is 20.7. The summed E-state index contributed by atoms with van der Waals surface area (Å²) in [5, 5.41) is 3.07. The molecule has 0 bridgehead atoms. The average Bonchev–Trinajstić information content (AvgIpc) is 2.83. The summed E-state index contributed by atoms with van der Waals surface area (Å²) in [7, 11) is -4.06. The number of piperidine rings is 1. The van der Waals surface area contributed by atoms with E-state index in [2.05, 4.69) is 40.1 Å². The number of aryl methyl sites for hydroxylation is 2. The first-order valence-electron chi connectivity index (χ1n) is 11.7. The first kappa shape index (κ1) is 24.9. The van der Waals surface area contributed by atoms with Gasteiger partial charge in [-0.05, 0) is 67.6 Å². The summed E-state index contributed by atoms with van der Waals surface area (Å²) in [6.45, 7) is 6.52. The Labute approximate surface area is 206 Å². The van der Waals surface area contributed by atoms with E-state index in [0.717, 1.165) is 32.5 Å². The molecule has 8 heteroatoms. The molecule has 0 atom stereocenters. The minimum atomic E-state index is -4.06. The molecule has 1 aliphatic heterocycles. The molecule has 0 saturated carbocycles. The van der Waals surface area contributed by atoms with Crippen LogP contribution >= 0.6 is 0 Å². The van der Waals surface area contributed by atoms with Gasteiger partial charge in [-0.3, -0.25) is 14.4 Å². The molecule has 0 unspecified atom stereocenters. The van der Waals surface area contributed by atoms with Gasteiger partial charge in [0.2, 0.25) is 0 Å². The number of carbonyl (C=O) groups is 1. The molecule has 1 fully saturated rings. The molecule has 0 radical (unpaired) electrons. The van der Waals surface area contributed by atoms with Gasteiger partial charge in [-0.1, -0.05) is 42.5 Å². The van der Waals surface area contributed by atoms with E-state index in [0.29, 0.717) is 11.1 Å². The van der Waals surface area contributed by atoms with Gasteiger partial charge in [0, 0.05) is 31.2 Å². The molecule has 2 N–H and O–H groups in total. The topological polar surface area (TPSA) is 78.5 Å². The molecule has 35 heavy (non-hydrogen) atoms. The van der Waals surface area contributed by atoms with Crippen molar-refractivity contribution in [3.63, 3.8) is 0 Å². The number of halogens is 1. The zero-order chi connectivity index (χ0) is 25.0. The van der Waals surface area contributed by atoms with Gasteiger partial charge in [0.25, 0.3) is 15.9 Å². The van der Waals surface area contributed by atoms with Crippen LogP contribution in [0.1, 0.15) is 39.9 Å². The Morgan fingerprint density at radius 3 is 2.37 bits per heavy atom. The molecular weight excluding hydrogens is 465 g/mol. The van der Waals surface area contributed by atoms with Crippen molar-refractivity contribution in [2.24, 2.45) is 0 Å². The number of hydrogen-bond acceptors (Lipinski definition) is 4. The molecule has 0 aromatic heterocycles. The number of para-hydroxylation sites is 1. The van der Waals surface area contributed by atoms with E-state index < -0.39 is 15.8 Å². The summed E-state index contributed by atoms with van der Waals surface area (Å²) in [6.07, 6.45) is 1.65. The van der Waals surface area contributed by atoms with Crippen LogP contribution in [0.25, 0.3) is 0 Å². The van der Waals surface area contributed by atoms with Crippen LogP contribution < -0.4 is 10.0 Å². The maximum Gasteiger partial charge on any atom is 0.262 e. The lowest BCUT2D eigenvalue weighted by Gasteiger charge is -2.32. The Bertz CT molecular complexity index is 1320. The quantitative estimate of drug-likeness (QED) is 0.501. The van der Waals surface area contributed by atoms with Crippen LogP contribution in [0.4, 0.5) is 10.1 Å². The highest BCUT2D eigenvalue weighted by atomic mass is 32.2. The van der Waals surface area contributed by atoms with Crippen molar-refractivity contribution in [1.82, 2.24) is 10.2 Å². The highest BCUT2D eigenvalue weighted by Gasteiger charge is 2.24. The van der Waals surface area contributed by atoms with Crippen LogP contribution in [0.3, 0.4) is 0 Å². The van der Waals surface area contributed by atoms with Crippen molar-refractivity contribution in [3.05, 3.63) is 94.8 Å². The van der Waals surface area contributed by atoms with E-state index in [9.17, 15) is 17.6 Å². The lowest BCUT2D eigenvalue weighted by molar-refractivity contribution is 0.0908. The van der Waals surface area contributed by atoms with E-state index >= 15 is 0 Å². The predicted octanol–water partition coefficient (Wildman–Crippen LogP) is 4.64. The van der Waals surface area contributed by atoms with Gasteiger partial charge >= 0.3 is 0 Å². The minimum Gasteiger partial charge on any atom is -0.349 e. The van der Waals surface area contributed by atoms with E-state index in [4.69, 9.17) is 0 Å². The summed E-state index contributed by atoms with van der Waals surface area (Å²) >= 11 is 0. The van der Waals surface area contributed by atoms with E-state index in [-0.39, 0.29) is 22.5 Å². The third kappa shape index (κ3) is 6.07. The van der Waals surface area contributed by atoms with Gasteiger partial charge in [0.05, 0.1) is 10.6 Å². The first-order valence-corrected chi connectivity index (χ1v) is 13.2. The second kappa shape index (κ2) is 10.6. The van der Waals surface area contributed by atoms with Crippen LogP contribution in [0, 0.1) is 19.7 Å². The number of rotatable bonds is 7. The van der Waals surface area contributed by atoms with E-state index in [1.807, 2.05) is 6.07 Å².